The lowest BCUT2D eigenvalue weighted by Crippen LogP contribution is -1.85. The van der Waals surface area contributed by atoms with Gasteiger partial charge in [0, 0.05) is 6.54 Å². The van der Waals surface area contributed by atoms with Crippen LogP contribution < -0.4 is 0 Å². The van der Waals surface area contributed by atoms with Crippen molar-refractivity contribution in [2.24, 2.45) is 4.99 Å². The molecule has 27 heavy (non-hydrogen) atoms. The summed E-state index contributed by atoms with van der Waals surface area (Å²) >= 11 is 4.57. The maximum Gasteiger partial charge on any atom is 0.0584 e. The van der Waals surface area contributed by atoms with E-state index in [0.717, 1.165) is 6.54 Å². The second-order valence-electron chi connectivity index (χ2n) is 8.40. The summed E-state index contributed by atoms with van der Waals surface area (Å²) < 4.78 is 0. The molecule has 0 rings (SSSR count). The summed E-state index contributed by atoms with van der Waals surface area (Å²) in [5.74, 6) is 0. The van der Waals surface area contributed by atoms with Gasteiger partial charge in [-0.15, -0.1) is 0 Å². The van der Waals surface area contributed by atoms with Crippen LogP contribution in [0.1, 0.15) is 148 Å². The second-order valence-corrected chi connectivity index (χ2v) is 8.58. The summed E-state index contributed by atoms with van der Waals surface area (Å²) in [5, 5.41) is 2.44. The van der Waals surface area contributed by atoms with Crippen LogP contribution >= 0.6 is 12.2 Å². The molecule has 0 aromatic rings. The molecule has 1 nitrogen and oxygen atoms in total. The summed E-state index contributed by atoms with van der Waals surface area (Å²) in [6.07, 6.45) is 31.5. The van der Waals surface area contributed by atoms with E-state index < -0.39 is 0 Å². The Balaban J connectivity index is 2.98. The number of unbranched alkanes of at least 4 members (excludes halogenated alkanes) is 21. The Labute approximate surface area is 177 Å². The average Bonchev–Trinajstić information content (AvgIpc) is 2.68. The van der Waals surface area contributed by atoms with Gasteiger partial charge in [0.2, 0.25) is 0 Å². The fourth-order valence-electron chi connectivity index (χ4n) is 3.85. The van der Waals surface area contributed by atoms with Crippen molar-refractivity contribution in [2.75, 3.05) is 6.54 Å². The molecule has 0 spiro atoms. The van der Waals surface area contributed by atoms with Crippen LogP contribution in [-0.2, 0) is 0 Å². The molecule has 0 aromatic heterocycles. The minimum Gasteiger partial charge on any atom is -0.233 e. The van der Waals surface area contributed by atoms with Gasteiger partial charge in [0.15, 0.2) is 0 Å². The summed E-state index contributed by atoms with van der Waals surface area (Å²) in [6.45, 7) is 3.18. The van der Waals surface area contributed by atoms with Crippen LogP contribution in [0, 0.1) is 0 Å². The normalized spacial score (nSPS) is 10.9. The Hall–Kier alpha value is -0.200. The molecule has 0 aromatic carbocycles. The Morgan fingerprint density at radius 3 is 0.963 bits per heavy atom. The van der Waals surface area contributed by atoms with E-state index in [1.165, 1.54) is 141 Å². The number of rotatable bonds is 23. The molecule has 0 saturated carbocycles. The van der Waals surface area contributed by atoms with Crippen molar-refractivity contribution in [3.05, 3.63) is 0 Å². The SMILES string of the molecule is CCCCCCCCCCCCCCCCCCCCCCCCN=C=S. The minimum atomic E-state index is 0.878. The van der Waals surface area contributed by atoms with Crippen LogP contribution in [0.4, 0.5) is 0 Å². The van der Waals surface area contributed by atoms with Crippen molar-refractivity contribution in [3.63, 3.8) is 0 Å². The highest BCUT2D eigenvalue weighted by Crippen LogP contribution is 2.15. The van der Waals surface area contributed by atoms with Crippen molar-refractivity contribution < 1.29 is 0 Å². The molecule has 0 saturated heterocycles. The molecular formula is C25H49NS. The first-order chi connectivity index (χ1) is 13.4. The van der Waals surface area contributed by atoms with Crippen LogP contribution in [0.5, 0.6) is 0 Å². The third-order valence-electron chi connectivity index (χ3n) is 5.69. The maximum absolute atomic E-state index is 4.57. The van der Waals surface area contributed by atoms with E-state index in [1.54, 1.807) is 0 Å². The standard InChI is InChI=1S/C25H49NS/c1-2-3-4-5-6-7-8-9-10-11-12-13-14-15-16-17-18-19-20-21-22-23-24-26-25-27/h2-24H2,1H3. The van der Waals surface area contributed by atoms with Gasteiger partial charge in [-0.3, -0.25) is 0 Å². The van der Waals surface area contributed by atoms with Crippen LogP contribution in [0.3, 0.4) is 0 Å². The first-order valence-electron chi connectivity index (χ1n) is 12.5. The third kappa shape index (κ3) is 25.8. The summed E-state index contributed by atoms with van der Waals surface area (Å²) in [7, 11) is 0. The molecule has 0 aliphatic carbocycles. The number of isothiocyanates is 1. The van der Waals surface area contributed by atoms with Crippen LogP contribution in [0.2, 0.25) is 0 Å². The highest BCUT2D eigenvalue weighted by molar-refractivity contribution is 7.78. The van der Waals surface area contributed by atoms with E-state index in [4.69, 9.17) is 0 Å². The van der Waals surface area contributed by atoms with Gasteiger partial charge in [-0.05, 0) is 18.6 Å². The van der Waals surface area contributed by atoms with Gasteiger partial charge in [-0.2, -0.15) is 0 Å². The zero-order valence-electron chi connectivity index (χ0n) is 18.6. The highest BCUT2D eigenvalue weighted by atomic mass is 32.1. The molecule has 0 aliphatic heterocycles. The molecule has 0 atom stereocenters. The van der Waals surface area contributed by atoms with Crippen molar-refractivity contribution >= 4 is 17.4 Å². The Morgan fingerprint density at radius 2 is 0.704 bits per heavy atom. The van der Waals surface area contributed by atoms with Crippen molar-refractivity contribution in [2.45, 2.75) is 148 Å². The van der Waals surface area contributed by atoms with Gasteiger partial charge in [0.25, 0.3) is 0 Å². The van der Waals surface area contributed by atoms with Gasteiger partial charge in [-0.1, -0.05) is 142 Å². The zero-order valence-corrected chi connectivity index (χ0v) is 19.4. The molecule has 0 bridgehead atoms. The molecule has 0 aliphatic rings. The van der Waals surface area contributed by atoms with Gasteiger partial charge >= 0.3 is 0 Å². The number of hydrogen-bond acceptors (Lipinski definition) is 2. The van der Waals surface area contributed by atoms with Gasteiger partial charge in [0.05, 0.1) is 5.16 Å². The fourth-order valence-corrected chi connectivity index (χ4v) is 3.94. The second kappa shape index (κ2) is 25.8. The predicted octanol–water partition coefficient (Wildman–Crippen LogP) is 9.69. The molecule has 0 radical (unpaired) electrons. The lowest BCUT2D eigenvalue weighted by Gasteiger charge is -2.04. The summed E-state index contributed by atoms with van der Waals surface area (Å²) in [4.78, 5) is 3.96. The molecule has 2 heteroatoms. The monoisotopic (exact) mass is 395 g/mol. The molecule has 0 amide bonds. The van der Waals surface area contributed by atoms with E-state index in [2.05, 4.69) is 29.3 Å². The molecule has 0 heterocycles. The van der Waals surface area contributed by atoms with Crippen molar-refractivity contribution in [1.29, 1.82) is 0 Å². The minimum absolute atomic E-state index is 0.878. The van der Waals surface area contributed by atoms with E-state index in [1.807, 2.05) is 0 Å². The van der Waals surface area contributed by atoms with E-state index >= 15 is 0 Å². The smallest absolute Gasteiger partial charge is 0.0584 e. The molecule has 0 unspecified atom stereocenters. The van der Waals surface area contributed by atoms with Gasteiger partial charge in [-0.25, -0.2) is 4.99 Å². The number of nitrogens with zero attached hydrogens (tertiary/aromatic N) is 1. The largest absolute Gasteiger partial charge is 0.233 e. The molecule has 0 fully saturated rings. The van der Waals surface area contributed by atoms with Crippen LogP contribution in [-0.4, -0.2) is 11.7 Å². The predicted molar refractivity (Wildman–Crippen MR) is 127 cm³/mol. The van der Waals surface area contributed by atoms with Crippen LogP contribution in [0.25, 0.3) is 0 Å². The number of thiocarbonyl (C=S) groups is 1. The fraction of sp³-hybridized carbons (Fsp3) is 0.960. The highest BCUT2D eigenvalue weighted by Gasteiger charge is 1.95. The maximum atomic E-state index is 4.57. The van der Waals surface area contributed by atoms with E-state index in [0.29, 0.717) is 0 Å². The van der Waals surface area contributed by atoms with E-state index in [9.17, 15) is 0 Å². The molecule has 0 N–H and O–H groups in total. The topological polar surface area (TPSA) is 12.4 Å². The lowest BCUT2D eigenvalue weighted by molar-refractivity contribution is 0.519. The van der Waals surface area contributed by atoms with Gasteiger partial charge in [0.1, 0.15) is 0 Å². The van der Waals surface area contributed by atoms with Gasteiger partial charge < -0.3 is 0 Å². The average molecular weight is 396 g/mol. The summed E-state index contributed by atoms with van der Waals surface area (Å²) in [5.41, 5.74) is 0. The lowest BCUT2D eigenvalue weighted by atomic mass is 10.0. The first kappa shape index (κ1) is 26.8. The molecule has 160 valence electrons. The Bertz CT molecular complexity index is 309. The Morgan fingerprint density at radius 1 is 0.444 bits per heavy atom. The number of hydrogen-bond donors (Lipinski definition) is 0. The quantitative estimate of drug-likeness (QED) is 0.0952. The van der Waals surface area contributed by atoms with Crippen molar-refractivity contribution in [3.8, 4) is 0 Å². The zero-order chi connectivity index (χ0) is 19.7. The third-order valence-corrected chi connectivity index (χ3v) is 5.82. The first-order valence-corrected chi connectivity index (χ1v) is 12.9. The van der Waals surface area contributed by atoms with Crippen LogP contribution in [0.15, 0.2) is 4.99 Å². The number of aliphatic imine (C=N–C) groups is 1. The van der Waals surface area contributed by atoms with Crippen molar-refractivity contribution in [1.82, 2.24) is 0 Å². The Kier molecular flexibility index (Phi) is 25.6. The summed E-state index contributed by atoms with van der Waals surface area (Å²) in [6, 6.07) is 0. The molecular weight excluding hydrogens is 346 g/mol. The van der Waals surface area contributed by atoms with E-state index in [-0.39, 0.29) is 0 Å².